The topological polar surface area (TPSA) is 81.7 Å². The number of aryl methyl sites for hydroxylation is 1. The summed E-state index contributed by atoms with van der Waals surface area (Å²) in [7, 11) is 0. The Morgan fingerprint density at radius 3 is 2.67 bits per heavy atom. The summed E-state index contributed by atoms with van der Waals surface area (Å²) in [5, 5.41) is 4.23. The van der Waals surface area contributed by atoms with E-state index >= 15 is 0 Å². The van der Waals surface area contributed by atoms with E-state index in [4.69, 9.17) is 21.1 Å². The Labute approximate surface area is 185 Å². The first-order valence-corrected chi connectivity index (χ1v) is 11.5. The summed E-state index contributed by atoms with van der Waals surface area (Å²) in [6, 6.07) is 7.38. The number of hydrogen-bond donors (Lipinski definition) is 1. The molecule has 6 nitrogen and oxygen atoms in total. The van der Waals surface area contributed by atoms with Gasteiger partial charge in [-0.1, -0.05) is 29.8 Å². The van der Waals surface area contributed by atoms with Gasteiger partial charge in [0, 0.05) is 15.0 Å². The van der Waals surface area contributed by atoms with Crippen molar-refractivity contribution >= 4 is 67.2 Å². The number of carbonyl (C=O) groups is 3. The largest absolute Gasteiger partial charge is 0.462 e. The van der Waals surface area contributed by atoms with E-state index in [0.717, 1.165) is 39.8 Å². The van der Waals surface area contributed by atoms with Crippen LogP contribution in [0.5, 0.6) is 0 Å². The molecule has 2 heterocycles. The zero-order valence-corrected chi connectivity index (χ0v) is 18.5. The molecule has 2 aromatic heterocycles. The third-order valence-electron chi connectivity index (χ3n) is 4.71. The van der Waals surface area contributed by atoms with Crippen LogP contribution in [0.25, 0.3) is 10.1 Å². The van der Waals surface area contributed by atoms with Gasteiger partial charge in [-0.15, -0.1) is 22.7 Å². The molecule has 0 spiro atoms. The van der Waals surface area contributed by atoms with Crippen molar-refractivity contribution in [3.63, 3.8) is 0 Å². The van der Waals surface area contributed by atoms with Gasteiger partial charge in [0.2, 0.25) is 0 Å². The predicted molar refractivity (Wildman–Crippen MR) is 118 cm³/mol. The Balaban J connectivity index is 1.44. The molecule has 1 aliphatic rings. The zero-order valence-electron chi connectivity index (χ0n) is 16.1. The van der Waals surface area contributed by atoms with Gasteiger partial charge in [0.15, 0.2) is 6.61 Å². The third kappa shape index (κ3) is 3.95. The van der Waals surface area contributed by atoms with Crippen molar-refractivity contribution in [1.29, 1.82) is 0 Å². The highest BCUT2D eigenvalue weighted by atomic mass is 35.5. The predicted octanol–water partition coefficient (Wildman–Crippen LogP) is 5.08. The van der Waals surface area contributed by atoms with Crippen LogP contribution in [0.2, 0.25) is 5.02 Å². The fourth-order valence-corrected chi connectivity index (χ4v) is 6.11. The van der Waals surface area contributed by atoms with Crippen molar-refractivity contribution in [2.45, 2.75) is 26.2 Å². The van der Waals surface area contributed by atoms with Gasteiger partial charge < -0.3 is 14.8 Å². The number of thiophene rings is 2. The number of benzene rings is 1. The average Bonchev–Trinajstić information content (AvgIpc) is 3.39. The molecule has 156 valence electrons. The monoisotopic (exact) mass is 463 g/mol. The molecule has 0 aliphatic heterocycles. The van der Waals surface area contributed by atoms with Crippen LogP contribution in [-0.2, 0) is 27.1 Å². The van der Waals surface area contributed by atoms with Crippen molar-refractivity contribution in [1.82, 2.24) is 0 Å². The Hall–Kier alpha value is -2.42. The molecule has 0 bridgehead atoms. The smallest absolute Gasteiger partial charge is 0.350 e. The Bertz CT molecular complexity index is 1150. The number of nitrogens with one attached hydrogen (secondary N) is 1. The van der Waals surface area contributed by atoms with Gasteiger partial charge in [-0.05, 0) is 37.8 Å². The SMILES string of the molecule is CCOC(=O)c1c(NC(=O)COC(=O)c2sc3ccccc3c2Cl)sc2c1CCC2. The van der Waals surface area contributed by atoms with E-state index in [9.17, 15) is 14.4 Å². The lowest BCUT2D eigenvalue weighted by Crippen LogP contribution is -2.21. The first-order valence-electron chi connectivity index (χ1n) is 9.45. The number of halogens is 1. The van der Waals surface area contributed by atoms with Crippen molar-refractivity contribution in [2.75, 3.05) is 18.5 Å². The average molecular weight is 464 g/mol. The van der Waals surface area contributed by atoms with Gasteiger partial charge in [0.25, 0.3) is 5.91 Å². The van der Waals surface area contributed by atoms with Crippen LogP contribution < -0.4 is 5.32 Å². The minimum atomic E-state index is -0.657. The van der Waals surface area contributed by atoms with Crippen LogP contribution in [0.15, 0.2) is 24.3 Å². The van der Waals surface area contributed by atoms with E-state index in [1.807, 2.05) is 24.3 Å². The van der Waals surface area contributed by atoms with E-state index in [-0.39, 0.29) is 11.5 Å². The minimum Gasteiger partial charge on any atom is -0.462 e. The van der Waals surface area contributed by atoms with Crippen molar-refractivity contribution in [3.05, 3.63) is 50.2 Å². The summed E-state index contributed by atoms with van der Waals surface area (Å²) in [5.74, 6) is -1.62. The molecule has 1 N–H and O–H groups in total. The summed E-state index contributed by atoms with van der Waals surface area (Å²) in [4.78, 5) is 38.5. The van der Waals surface area contributed by atoms with Crippen molar-refractivity contribution in [2.24, 2.45) is 0 Å². The normalized spacial score (nSPS) is 12.6. The molecule has 4 rings (SSSR count). The van der Waals surface area contributed by atoms with Crippen molar-refractivity contribution < 1.29 is 23.9 Å². The Morgan fingerprint density at radius 2 is 1.90 bits per heavy atom. The Kier molecular flexibility index (Phi) is 6.08. The summed E-state index contributed by atoms with van der Waals surface area (Å²) in [6.07, 6.45) is 2.65. The molecule has 1 amide bonds. The van der Waals surface area contributed by atoms with E-state index in [1.165, 1.54) is 22.7 Å². The molecule has 1 aromatic carbocycles. The summed E-state index contributed by atoms with van der Waals surface area (Å²) >= 11 is 8.88. The van der Waals surface area contributed by atoms with Gasteiger partial charge >= 0.3 is 11.9 Å². The first kappa shape index (κ1) is 20.8. The second-order valence-corrected chi connectivity index (χ2v) is 9.18. The minimum absolute atomic E-state index is 0.254. The number of rotatable bonds is 6. The van der Waals surface area contributed by atoms with Crippen molar-refractivity contribution in [3.8, 4) is 0 Å². The van der Waals surface area contributed by atoms with Crippen LogP contribution in [0.4, 0.5) is 5.00 Å². The Morgan fingerprint density at radius 1 is 1.10 bits per heavy atom. The van der Waals surface area contributed by atoms with Gasteiger partial charge in [0.05, 0.1) is 17.2 Å². The van der Waals surface area contributed by atoms with E-state index < -0.39 is 24.5 Å². The van der Waals surface area contributed by atoms with E-state index in [1.54, 1.807) is 6.92 Å². The molecular weight excluding hydrogens is 446 g/mol. The number of hydrogen-bond acceptors (Lipinski definition) is 7. The maximum Gasteiger partial charge on any atom is 0.350 e. The van der Waals surface area contributed by atoms with Crippen LogP contribution in [0.1, 0.15) is 43.8 Å². The van der Waals surface area contributed by atoms with Crippen LogP contribution in [-0.4, -0.2) is 31.1 Å². The summed E-state index contributed by atoms with van der Waals surface area (Å²) in [6.45, 7) is 1.51. The molecular formula is C21H18ClNO5S2. The molecule has 0 saturated carbocycles. The maximum atomic E-state index is 12.4. The molecule has 0 saturated heterocycles. The van der Waals surface area contributed by atoms with Crippen LogP contribution in [0, 0.1) is 0 Å². The van der Waals surface area contributed by atoms with Gasteiger partial charge in [-0.2, -0.15) is 0 Å². The lowest BCUT2D eigenvalue weighted by molar-refractivity contribution is -0.119. The molecule has 3 aromatic rings. The molecule has 0 unspecified atom stereocenters. The molecule has 9 heteroatoms. The fourth-order valence-electron chi connectivity index (χ4n) is 3.42. The summed E-state index contributed by atoms with van der Waals surface area (Å²) < 4.78 is 11.2. The number of esters is 2. The molecule has 0 fully saturated rings. The second kappa shape index (κ2) is 8.75. The number of ether oxygens (including phenoxy) is 2. The quantitative estimate of drug-likeness (QED) is 0.515. The number of anilines is 1. The summed E-state index contributed by atoms with van der Waals surface area (Å²) in [5.41, 5.74) is 1.37. The molecule has 0 radical (unpaired) electrons. The van der Waals surface area contributed by atoms with Gasteiger partial charge in [0.1, 0.15) is 9.88 Å². The molecule has 0 atom stereocenters. The van der Waals surface area contributed by atoms with Gasteiger partial charge in [-0.25, -0.2) is 9.59 Å². The van der Waals surface area contributed by atoms with Gasteiger partial charge in [-0.3, -0.25) is 4.79 Å². The highest BCUT2D eigenvalue weighted by molar-refractivity contribution is 7.21. The highest BCUT2D eigenvalue weighted by Crippen LogP contribution is 2.39. The molecule has 30 heavy (non-hydrogen) atoms. The van der Waals surface area contributed by atoms with E-state index in [0.29, 0.717) is 15.6 Å². The lowest BCUT2D eigenvalue weighted by atomic mass is 10.1. The first-order chi connectivity index (χ1) is 14.5. The maximum absolute atomic E-state index is 12.4. The second-order valence-electron chi connectivity index (χ2n) is 6.65. The van der Waals surface area contributed by atoms with E-state index in [2.05, 4.69) is 5.32 Å². The molecule has 1 aliphatic carbocycles. The van der Waals surface area contributed by atoms with Crippen LogP contribution in [0.3, 0.4) is 0 Å². The third-order valence-corrected chi connectivity index (χ3v) is 7.57. The number of amides is 1. The zero-order chi connectivity index (χ0) is 21.3. The lowest BCUT2D eigenvalue weighted by Gasteiger charge is -2.08. The highest BCUT2D eigenvalue weighted by Gasteiger charge is 2.28. The number of carbonyl (C=O) groups excluding carboxylic acids is 3. The standard InChI is InChI=1S/C21H18ClNO5S2/c1-2-27-20(25)16-11-7-5-9-13(11)30-19(16)23-15(24)10-28-21(26)18-17(22)12-6-3-4-8-14(12)29-18/h3-4,6,8H,2,5,7,9-10H2,1H3,(H,23,24). The number of fused-ring (bicyclic) bond motifs is 2. The fraction of sp³-hybridized carbons (Fsp3) is 0.286. The van der Waals surface area contributed by atoms with Crippen LogP contribution >= 0.6 is 34.3 Å².